The first-order chi connectivity index (χ1) is 5.91. The molecule has 0 aliphatic carbocycles. The molecule has 7 nitrogen and oxygen atoms in total. The predicted molar refractivity (Wildman–Crippen MR) is 39.3 cm³/mol. The molecule has 0 amide bonds. The van der Waals surface area contributed by atoms with Crippen LogP contribution in [0.3, 0.4) is 0 Å². The maximum Gasteiger partial charge on any atom is 0.317 e. The Hall–Kier alpha value is -0.578. The molecule has 3 N–H and O–H groups in total. The van der Waals surface area contributed by atoms with Crippen LogP contribution in [0, 0.1) is 0 Å². The monoisotopic (exact) mass is 298 g/mol. The van der Waals surface area contributed by atoms with Crippen LogP contribution >= 0.6 is 0 Å². The summed E-state index contributed by atoms with van der Waals surface area (Å²) in [4.78, 5) is 31.2. The largest absolute Gasteiger partial charge is 0.480 e. The molecule has 0 aliphatic heterocycles. The Kier molecular flexibility index (Phi) is 13.2. The van der Waals surface area contributed by atoms with Crippen molar-refractivity contribution in [1.82, 2.24) is 4.90 Å². The number of aliphatic carboxylic acids is 3. The van der Waals surface area contributed by atoms with Crippen LogP contribution in [-0.4, -0.2) is 57.8 Å². The molecular weight excluding hydrogens is 289 g/mol. The molecule has 0 saturated heterocycles. The van der Waals surface area contributed by atoms with Gasteiger partial charge in [-0.2, -0.15) is 0 Å². The van der Waals surface area contributed by atoms with Gasteiger partial charge in [-0.1, -0.05) is 0 Å². The SMILES string of the molecule is O=C(O)CN(CC(=O)O)CC(=O)O.[Cr].[Mn]. The number of carboxylic acids is 3. The van der Waals surface area contributed by atoms with Crippen molar-refractivity contribution in [3.05, 3.63) is 0 Å². The van der Waals surface area contributed by atoms with Crippen LogP contribution in [0.5, 0.6) is 0 Å². The van der Waals surface area contributed by atoms with Crippen LogP contribution in [0.15, 0.2) is 0 Å². The minimum atomic E-state index is -1.26. The third-order valence-electron chi connectivity index (χ3n) is 1.08. The second-order valence-electron chi connectivity index (χ2n) is 2.33. The molecule has 87 valence electrons. The van der Waals surface area contributed by atoms with Gasteiger partial charge in [0.1, 0.15) is 0 Å². The van der Waals surface area contributed by atoms with Gasteiger partial charge in [0.05, 0.1) is 19.6 Å². The van der Waals surface area contributed by atoms with Gasteiger partial charge < -0.3 is 15.3 Å². The molecule has 0 bridgehead atoms. The average molecular weight is 298 g/mol. The first-order valence-electron chi connectivity index (χ1n) is 3.29. The van der Waals surface area contributed by atoms with Gasteiger partial charge >= 0.3 is 17.9 Å². The minimum absolute atomic E-state index is 0. The van der Waals surface area contributed by atoms with E-state index in [1.54, 1.807) is 0 Å². The number of nitrogens with zero attached hydrogens (tertiary/aromatic N) is 1. The van der Waals surface area contributed by atoms with Gasteiger partial charge in [0, 0.05) is 34.4 Å². The van der Waals surface area contributed by atoms with Gasteiger partial charge in [-0.05, 0) is 0 Å². The fourth-order valence-electron chi connectivity index (χ4n) is 0.742. The number of rotatable bonds is 6. The predicted octanol–water partition coefficient (Wildman–Crippen LogP) is -1.46. The van der Waals surface area contributed by atoms with Crippen LogP contribution in [0.4, 0.5) is 0 Å². The average Bonchev–Trinajstić information content (AvgIpc) is 1.80. The zero-order chi connectivity index (χ0) is 10.4. The zero-order valence-electron chi connectivity index (χ0n) is 7.42. The normalized spacial score (nSPS) is 8.60. The number of hydrogen-bond donors (Lipinski definition) is 3. The molecule has 0 saturated carbocycles. The quantitative estimate of drug-likeness (QED) is 0.513. The van der Waals surface area contributed by atoms with Crippen molar-refractivity contribution in [2.75, 3.05) is 19.6 Å². The summed E-state index contributed by atoms with van der Waals surface area (Å²) in [6, 6.07) is 0. The summed E-state index contributed by atoms with van der Waals surface area (Å²) >= 11 is 0. The van der Waals surface area contributed by atoms with E-state index in [0.29, 0.717) is 0 Å². The maximum absolute atomic E-state index is 10.1. The first kappa shape index (κ1) is 19.9. The Bertz CT molecular complexity index is 198. The first-order valence-corrected chi connectivity index (χ1v) is 3.29. The Morgan fingerprint density at radius 3 is 1.13 bits per heavy atom. The van der Waals surface area contributed by atoms with Crippen LogP contribution < -0.4 is 0 Å². The van der Waals surface area contributed by atoms with E-state index in [2.05, 4.69) is 0 Å². The van der Waals surface area contributed by atoms with Crippen molar-refractivity contribution in [2.45, 2.75) is 0 Å². The molecule has 0 spiro atoms. The third-order valence-corrected chi connectivity index (χ3v) is 1.08. The molecule has 0 aliphatic rings. The van der Waals surface area contributed by atoms with Crippen LogP contribution in [0.25, 0.3) is 0 Å². The third kappa shape index (κ3) is 13.4. The van der Waals surface area contributed by atoms with Crippen molar-refractivity contribution >= 4 is 17.9 Å². The standard InChI is InChI=1S/C6H9NO6.Cr.Mn/c8-4(9)1-7(2-5(10)11)3-6(12)13;;/h1-3H2,(H,8,9)(H,10,11)(H,12,13);;. The smallest absolute Gasteiger partial charge is 0.317 e. The Morgan fingerprint density at radius 1 is 0.800 bits per heavy atom. The Morgan fingerprint density at radius 2 is 1.00 bits per heavy atom. The summed E-state index contributed by atoms with van der Waals surface area (Å²) in [7, 11) is 0. The summed E-state index contributed by atoms with van der Waals surface area (Å²) in [5.41, 5.74) is 0. The van der Waals surface area contributed by atoms with E-state index in [9.17, 15) is 14.4 Å². The summed E-state index contributed by atoms with van der Waals surface area (Å²) < 4.78 is 0. The summed E-state index contributed by atoms with van der Waals surface area (Å²) in [5, 5.41) is 24.8. The molecule has 0 heterocycles. The van der Waals surface area contributed by atoms with Crippen molar-refractivity contribution in [2.24, 2.45) is 0 Å². The van der Waals surface area contributed by atoms with Crippen molar-refractivity contribution in [3.63, 3.8) is 0 Å². The van der Waals surface area contributed by atoms with Crippen molar-refractivity contribution in [3.8, 4) is 0 Å². The van der Waals surface area contributed by atoms with Gasteiger partial charge in [0.15, 0.2) is 0 Å². The number of carbonyl (C=O) groups is 3. The van der Waals surface area contributed by atoms with Gasteiger partial charge in [-0.3, -0.25) is 19.3 Å². The number of carboxylic acid groups (broad SMARTS) is 3. The van der Waals surface area contributed by atoms with E-state index < -0.39 is 37.5 Å². The molecule has 9 heteroatoms. The van der Waals surface area contributed by atoms with E-state index in [-0.39, 0.29) is 34.4 Å². The van der Waals surface area contributed by atoms with Crippen molar-refractivity contribution in [1.29, 1.82) is 0 Å². The molecule has 0 rings (SSSR count). The summed E-state index contributed by atoms with van der Waals surface area (Å²) in [6.07, 6.45) is 0. The topological polar surface area (TPSA) is 115 Å². The zero-order valence-corrected chi connectivity index (χ0v) is 9.88. The molecular formula is C6H9CrMnNO6. The second kappa shape index (κ2) is 9.96. The minimum Gasteiger partial charge on any atom is -0.480 e. The van der Waals surface area contributed by atoms with Crippen LogP contribution in [0.1, 0.15) is 0 Å². The van der Waals surface area contributed by atoms with Gasteiger partial charge in [-0.15, -0.1) is 0 Å². The maximum atomic E-state index is 10.1. The fourth-order valence-corrected chi connectivity index (χ4v) is 0.742. The summed E-state index contributed by atoms with van der Waals surface area (Å²) in [5.74, 6) is -3.78. The van der Waals surface area contributed by atoms with E-state index in [1.807, 2.05) is 0 Å². The van der Waals surface area contributed by atoms with E-state index in [4.69, 9.17) is 15.3 Å². The molecule has 0 aromatic rings. The Balaban J connectivity index is -0.000000720. The van der Waals surface area contributed by atoms with Crippen LogP contribution in [0.2, 0.25) is 0 Å². The molecule has 0 unspecified atom stereocenters. The van der Waals surface area contributed by atoms with Gasteiger partial charge in [0.25, 0.3) is 0 Å². The molecule has 0 fully saturated rings. The number of hydrogen-bond acceptors (Lipinski definition) is 4. The Labute approximate surface area is 107 Å². The fraction of sp³-hybridized carbons (Fsp3) is 0.500. The molecule has 0 aromatic heterocycles. The van der Waals surface area contributed by atoms with E-state index >= 15 is 0 Å². The summed E-state index contributed by atoms with van der Waals surface area (Å²) in [6.45, 7) is -1.80. The molecule has 0 aromatic carbocycles. The van der Waals surface area contributed by atoms with E-state index in [1.165, 1.54) is 0 Å². The molecule has 15 heavy (non-hydrogen) atoms. The molecule has 0 atom stereocenters. The molecule has 1 radical (unpaired) electrons. The van der Waals surface area contributed by atoms with Gasteiger partial charge in [0.2, 0.25) is 0 Å². The van der Waals surface area contributed by atoms with Crippen LogP contribution in [-0.2, 0) is 48.8 Å². The van der Waals surface area contributed by atoms with Crippen molar-refractivity contribution < 1.29 is 64.1 Å². The van der Waals surface area contributed by atoms with E-state index in [0.717, 1.165) is 4.90 Å². The second-order valence-corrected chi connectivity index (χ2v) is 2.33. The van der Waals surface area contributed by atoms with Gasteiger partial charge in [-0.25, -0.2) is 0 Å².